The van der Waals surface area contributed by atoms with Gasteiger partial charge >= 0.3 is 5.97 Å². The summed E-state index contributed by atoms with van der Waals surface area (Å²) in [5.74, 6) is -1.91. The highest BCUT2D eigenvalue weighted by molar-refractivity contribution is 7.92. The van der Waals surface area contributed by atoms with Crippen molar-refractivity contribution in [1.29, 1.82) is 0 Å². The van der Waals surface area contributed by atoms with Gasteiger partial charge in [-0.3, -0.25) is 14.5 Å². The Balaban J connectivity index is 1.99. The van der Waals surface area contributed by atoms with Crippen LogP contribution in [0.2, 0.25) is 0 Å². The predicted molar refractivity (Wildman–Crippen MR) is 84.9 cm³/mol. The van der Waals surface area contributed by atoms with Crippen molar-refractivity contribution < 1.29 is 32.8 Å². The Bertz CT molecular complexity index is 764. The average molecular weight is 371 g/mol. The maximum atomic E-state index is 12.7. The number of likely N-dealkylation sites (N-methyl/N-ethyl adjacent to an activating group) is 1. The number of hydroxylamine groups is 2. The Morgan fingerprint density at radius 1 is 1.36 bits per heavy atom. The monoisotopic (exact) mass is 371 g/mol. The molecule has 0 radical (unpaired) electrons. The minimum Gasteiger partial charge on any atom is -0.480 e. The molecule has 0 saturated carbocycles. The molecule has 1 unspecified atom stereocenters. The summed E-state index contributed by atoms with van der Waals surface area (Å²) in [6.07, 6.45) is -0.159. The molecule has 10 nitrogen and oxygen atoms in total. The maximum Gasteiger partial charge on any atom is 0.322 e. The van der Waals surface area contributed by atoms with Gasteiger partial charge in [-0.1, -0.05) is 23.3 Å². The molecule has 0 fully saturated rings. The first-order chi connectivity index (χ1) is 11.8. The Morgan fingerprint density at radius 2 is 2.04 bits per heavy atom. The van der Waals surface area contributed by atoms with Crippen LogP contribution < -0.4 is 5.32 Å². The molecule has 1 amide bonds. The van der Waals surface area contributed by atoms with Crippen molar-refractivity contribution in [2.75, 3.05) is 20.2 Å². The molecule has 0 aliphatic carbocycles. The molecule has 1 atom stereocenters. The molecule has 0 saturated heterocycles. The molecule has 0 bridgehead atoms. The number of oxime groups is 1. The number of nitrogens with one attached hydrogen (secondary N) is 1. The van der Waals surface area contributed by atoms with Gasteiger partial charge in [0.15, 0.2) is 0 Å². The SMILES string of the molecule is CN1ON=C(OCCC(=O)NCC(=O)O)C1S(=O)(=O)c1ccccc1. The quantitative estimate of drug-likeness (QED) is 0.660. The highest BCUT2D eigenvalue weighted by atomic mass is 32.2. The highest BCUT2D eigenvalue weighted by Gasteiger charge is 2.43. The number of benzene rings is 1. The van der Waals surface area contributed by atoms with Crippen LogP contribution in [0.5, 0.6) is 0 Å². The number of rotatable bonds is 7. The largest absolute Gasteiger partial charge is 0.480 e. The van der Waals surface area contributed by atoms with Crippen LogP contribution in [0, 0.1) is 0 Å². The predicted octanol–water partition coefficient (Wildman–Crippen LogP) is -0.416. The zero-order valence-electron chi connectivity index (χ0n) is 13.3. The molecule has 1 aliphatic heterocycles. The van der Waals surface area contributed by atoms with Gasteiger partial charge in [-0.15, -0.1) is 0 Å². The number of carboxylic acids is 1. The van der Waals surface area contributed by atoms with Crippen LogP contribution in [0.4, 0.5) is 0 Å². The van der Waals surface area contributed by atoms with Crippen LogP contribution >= 0.6 is 0 Å². The minimum absolute atomic E-state index is 0.0767. The van der Waals surface area contributed by atoms with Crippen molar-refractivity contribution in [3.8, 4) is 0 Å². The van der Waals surface area contributed by atoms with Crippen molar-refractivity contribution in [1.82, 2.24) is 10.4 Å². The van der Waals surface area contributed by atoms with Crippen LogP contribution in [-0.2, 0) is 29.1 Å². The fourth-order valence-corrected chi connectivity index (χ4v) is 3.62. The summed E-state index contributed by atoms with van der Waals surface area (Å²) < 4.78 is 30.7. The molecule has 2 N–H and O–H groups in total. The Kier molecular flexibility index (Phi) is 5.93. The molecule has 2 rings (SSSR count). The topological polar surface area (TPSA) is 135 Å². The maximum absolute atomic E-state index is 12.7. The summed E-state index contributed by atoms with van der Waals surface area (Å²) in [5.41, 5.74) is 0. The zero-order chi connectivity index (χ0) is 18.4. The van der Waals surface area contributed by atoms with E-state index in [4.69, 9.17) is 14.8 Å². The van der Waals surface area contributed by atoms with Gasteiger partial charge in [0.05, 0.1) is 17.9 Å². The van der Waals surface area contributed by atoms with Crippen LogP contribution in [0.15, 0.2) is 40.4 Å². The van der Waals surface area contributed by atoms with Crippen LogP contribution in [0.3, 0.4) is 0 Å². The lowest BCUT2D eigenvalue weighted by Gasteiger charge is -2.18. The summed E-state index contributed by atoms with van der Waals surface area (Å²) in [5, 5.41) is 14.0. The molecule has 25 heavy (non-hydrogen) atoms. The highest BCUT2D eigenvalue weighted by Crippen LogP contribution is 2.23. The summed E-state index contributed by atoms with van der Waals surface area (Å²) in [7, 11) is -2.45. The number of ether oxygens (including phenoxy) is 1. The number of hydrogen-bond donors (Lipinski definition) is 2. The van der Waals surface area contributed by atoms with Crippen LogP contribution in [-0.4, -0.2) is 61.9 Å². The van der Waals surface area contributed by atoms with Gasteiger partial charge in [-0.25, -0.2) is 8.42 Å². The van der Waals surface area contributed by atoms with Crippen molar-refractivity contribution in [3.63, 3.8) is 0 Å². The second-order valence-corrected chi connectivity index (χ2v) is 7.04. The third kappa shape index (κ3) is 4.67. The Morgan fingerprint density at radius 3 is 2.68 bits per heavy atom. The standard InChI is InChI=1S/C14H17N3O7S/c1-17-14(25(21,22)10-5-3-2-4-6-10)13(16-24-17)23-8-7-11(18)15-9-12(19)20/h2-6,14H,7-9H2,1H3,(H,15,18)(H,19,20). The van der Waals surface area contributed by atoms with Gasteiger partial charge in [0.1, 0.15) is 6.54 Å². The van der Waals surface area contributed by atoms with Crippen molar-refractivity contribution >= 4 is 27.6 Å². The van der Waals surface area contributed by atoms with E-state index in [1.165, 1.54) is 19.2 Å². The summed E-state index contributed by atoms with van der Waals surface area (Å²) in [4.78, 5) is 26.7. The number of amides is 1. The normalized spacial score (nSPS) is 17.5. The molecule has 136 valence electrons. The van der Waals surface area contributed by atoms with E-state index in [1.807, 2.05) is 0 Å². The van der Waals surface area contributed by atoms with E-state index in [0.717, 1.165) is 5.06 Å². The lowest BCUT2D eigenvalue weighted by atomic mass is 10.4. The molecule has 0 spiro atoms. The first-order valence-electron chi connectivity index (χ1n) is 7.20. The molecule has 1 heterocycles. The van der Waals surface area contributed by atoms with E-state index in [0.29, 0.717) is 0 Å². The lowest BCUT2D eigenvalue weighted by molar-refractivity contribution is -0.138. The van der Waals surface area contributed by atoms with Crippen molar-refractivity contribution in [2.45, 2.75) is 16.7 Å². The smallest absolute Gasteiger partial charge is 0.322 e. The first kappa shape index (κ1) is 18.7. The molecule has 1 aliphatic rings. The lowest BCUT2D eigenvalue weighted by Crippen LogP contribution is -2.40. The van der Waals surface area contributed by atoms with E-state index in [2.05, 4.69) is 10.5 Å². The second-order valence-electron chi connectivity index (χ2n) is 5.04. The van der Waals surface area contributed by atoms with Gasteiger partial charge in [-0.05, 0) is 17.3 Å². The summed E-state index contributed by atoms with van der Waals surface area (Å²) >= 11 is 0. The number of carbonyl (C=O) groups is 2. The molecule has 11 heteroatoms. The second kappa shape index (κ2) is 7.94. The van der Waals surface area contributed by atoms with E-state index in [1.54, 1.807) is 18.2 Å². The number of carboxylic acid groups (broad SMARTS) is 1. The number of hydrogen-bond acceptors (Lipinski definition) is 8. The average Bonchev–Trinajstić information content (AvgIpc) is 2.95. The fraction of sp³-hybridized carbons (Fsp3) is 0.357. The van der Waals surface area contributed by atoms with Gasteiger partial charge < -0.3 is 15.2 Å². The molecular formula is C14H17N3O7S. The zero-order valence-corrected chi connectivity index (χ0v) is 14.1. The van der Waals surface area contributed by atoms with E-state index >= 15 is 0 Å². The number of carbonyl (C=O) groups excluding carboxylic acids is 1. The van der Waals surface area contributed by atoms with E-state index in [9.17, 15) is 18.0 Å². The minimum atomic E-state index is -3.84. The third-order valence-corrected chi connectivity index (χ3v) is 5.20. The van der Waals surface area contributed by atoms with Gasteiger partial charge in [0.2, 0.25) is 21.1 Å². The van der Waals surface area contributed by atoms with E-state index in [-0.39, 0.29) is 23.8 Å². The molecule has 1 aromatic carbocycles. The molecule has 0 aromatic heterocycles. The molecular weight excluding hydrogens is 354 g/mol. The molecule has 1 aromatic rings. The fourth-order valence-electron chi connectivity index (χ4n) is 2.02. The van der Waals surface area contributed by atoms with Gasteiger partial charge in [-0.2, -0.15) is 0 Å². The number of sulfone groups is 1. The third-order valence-electron chi connectivity index (χ3n) is 3.18. The summed E-state index contributed by atoms with van der Waals surface area (Å²) in [6, 6.07) is 7.76. The van der Waals surface area contributed by atoms with Crippen molar-refractivity contribution in [2.24, 2.45) is 5.16 Å². The van der Waals surface area contributed by atoms with Crippen LogP contribution in [0.1, 0.15) is 6.42 Å². The van der Waals surface area contributed by atoms with Gasteiger partial charge in [0, 0.05) is 7.05 Å². The Hall–Kier alpha value is -2.66. The van der Waals surface area contributed by atoms with Crippen molar-refractivity contribution in [3.05, 3.63) is 30.3 Å². The number of aliphatic carboxylic acids is 1. The van der Waals surface area contributed by atoms with Gasteiger partial charge in [0.25, 0.3) is 5.90 Å². The number of nitrogens with zero attached hydrogens (tertiary/aromatic N) is 2. The Labute approximate surface area is 143 Å². The first-order valence-corrected chi connectivity index (χ1v) is 8.75. The van der Waals surface area contributed by atoms with Crippen LogP contribution in [0.25, 0.3) is 0 Å². The summed E-state index contributed by atoms with van der Waals surface area (Å²) in [6.45, 7) is -0.682. The van der Waals surface area contributed by atoms with E-state index < -0.39 is 33.6 Å².